The van der Waals surface area contributed by atoms with Crippen LogP contribution in [0.2, 0.25) is 0 Å². The molecule has 0 aliphatic rings. The summed E-state index contributed by atoms with van der Waals surface area (Å²) in [6.07, 6.45) is 1.53. The third kappa shape index (κ3) is 59.1. The topological polar surface area (TPSA) is 46.1 Å². The Bertz CT molecular complexity index is 19.0. The van der Waals surface area contributed by atoms with Crippen molar-refractivity contribution in [2.45, 2.75) is 26.7 Å². The largest absolute Gasteiger partial charge is 2.00 e. The smallest absolute Gasteiger partial charge is 0.854 e. The predicted octanol–water partition coefficient (Wildman–Crippen LogP) is -0.489. The second kappa shape index (κ2) is 23.7. The minimum absolute atomic E-state index is 0. The van der Waals surface area contributed by atoms with Crippen molar-refractivity contribution >= 4 is 0 Å². The Hall–Kier alpha value is 0.426. The molecule has 0 unspecified atom stereocenters. The minimum atomic E-state index is 0. The molecule has 0 rings (SSSR count). The average Bonchev–Trinajstić information content (AvgIpc) is 1.88. The van der Waals surface area contributed by atoms with Gasteiger partial charge in [-0.1, -0.05) is 26.7 Å². The summed E-state index contributed by atoms with van der Waals surface area (Å²) in [7, 11) is 0. The normalized spacial score (nSPS) is 6.67. The van der Waals surface area contributed by atoms with Crippen molar-refractivity contribution in [3.63, 3.8) is 0 Å². The number of rotatable bonds is 2. The van der Waals surface area contributed by atoms with E-state index in [2.05, 4.69) is 0 Å². The van der Waals surface area contributed by atoms with Crippen molar-refractivity contribution < 1.29 is 27.0 Å². The van der Waals surface area contributed by atoms with Crippen LogP contribution < -0.4 is 10.2 Å². The van der Waals surface area contributed by atoms with E-state index in [1.807, 2.05) is 13.8 Å². The fraction of sp³-hybridized carbons (Fsp3) is 1.00. The van der Waals surface area contributed by atoms with E-state index >= 15 is 0 Å². The van der Waals surface area contributed by atoms with Crippen molar-refractivity contribution in [3.8, 4) is 0 Å². The van der Waals surface area contributed by atoms with E-state index in [0.29, 0.717) is 0 Å². The van der Waals surface area contributed by atoms with Crippen LogP contribution in [0, 0.1) is 0 Å². The van der Waals surface area contributed by atoms with Gasteiger partial charge in [0.25, 0.3) is 0 Å². The Morgan fingerprint density at radius 2 is 1.00 bits per heavy atom. The Kier molecular flexibility index (Phi) is 42.7. The van der Waals surface area contributed by atoms with Crippen LogP contribution in [-0.2, 0) is 16.8 Å². The summed E-state index contributed by atoms with van der Waals surface area (Å²) < 4.78 is 0. The Morgan fingerprint density at radius 1 is 0.889 bits per heavy atom. The monoisotopic (exact) mass is 177 g/mol. The summed E-state index contributed by atoms with van der Waals surface area (Å²) in [5.41, 5.74) is 0. The van der Waals surface area contributed by atoms with Crippen LogP contribution in [0.25, 0.3) is 0 Å². The first-order chi connectivity index (χ1) is 3.83. The van der Waals surface area contributed by atoms with Crippen LogP contribution >= 0.6 is 0 Å². The molecule has 0 aromatic rings. The molecule has 0 spiro atoms. The maximum Gasteiger partial charge on any atom is 2.00 e. The SMILES string of the molecule is CCC[O-].CCC[O-].[Co+2]. The predicted molar refractivity (Wildman–Crippen MR) is 30.3 cm³/mol. The van der Waals surface area contributed by atoms with Crippen LogP contribution in [0.3, 0.4) is 0 Å². The zero-order valence-corrected chi connectivity index (χ0v) is 7.02. The molecule has 0 saturated heterocycles. The second-order valence-electron chi connectivity index (χ2n) is 1.41. The molecule has 0 aliphatic heterocycles. The molecule has 3 heteroatoms. The molecule has 0 N–H and O–H groups in total. The second-order valence-corrected chi connectivity index (χ2v) is 1.41. The van der Waals surface area contributed by atoms with E-state index in [9.17, 15) is 10.2 Å². The summed E-state index contributed by atoms with van der Waals surface area (Å²) in [6, 6.07) is 0. The van der Waals surface area contributed by atoms with Gasteiger partial charge in [0.2, 0.25) is 0 Å². The maximum absolute atomic E-state index is 9.30. The van der Waals surface area contributed by atoms with Gasteiger partial charge in [0.1, 0.15) is 0 Å². The molecule has 0 bridgehead atoms. The molecule has 9 heavy (non-hydrogen) atoms. The summed E-state index contributed by atoms with van der Waals surface area (Å²) >= 11 is 0. The number of hydrogen-bond acceptors (Lipinski definition) is 2. The molecule has 0 amide bonds. The summed E-state index contributed by atoms with van der Waals surface area (Å²) in [5, 5.41) is 18.6. The third-order valence-corrected chi connectivity index (χ3v) is 0.408. The summed E-state index contributed by atoms with van der Waals surface area (Å²) in [5.74, 6) is 0. The Labute approximate surface area is 67.5 Å². The van der Waals surface area contributed by atoms with Gasteiger partial charge in [-0.25, -0.2) is 0 Å². The quantitative estimate of drug-likeness (QED) is 0.571. The van der Waals surface area contributed by atoms with E-state index < -0.39 is 0 Å². The molecule has 0 aromatic heterocycles. The van der Waals surface area contributed by atoms with E-state index in [1.165, 1.54) is 0 Å². The van der Waals surface area contributed by atoms with Crippen molar-refractivity contribution in [2.24, 2.45) is 0 Å². The van der Waals surface area contributed by atoms with Gasteiger partial charge in [0.15, 0.2) is 0 Å². The van der Waals surface area contributed by atoms with Crippen LogP contribution in [0.1, 0.15) is 26.7 Å². The first-order valence-electron chi connectivity index (χ1n) is 2.99. The van der Waals surface area contributed by atoms with Gasteiger partial charge >= 0.3 is 16.8 Å². The van der Waals surface area contributed by atoms with E-state index in [4.69, 9.17) is 0 Å². The van der Waals surface area contributed by atoms with Gasteiger partial charge in [-0.05, 0) is 0 Å². The molecule has 2 nitrogen and oxygen atoms in total. The standard InChI is InChI=1S/2C3H7O.Co/c2*1-2-3-4;/h2*2-3H2,1H3;/q2*-1;+2. The van der Waals surface area contributed by atoms with Crippen molar-refractivity contribution in [1.82, 2.24) is 0 Å². The van der Waals surface area contributed by atoms with E-state index in [0.717, 1.165) is 12.8 Å². The first kappa shape index (κ1) is 16.2. The third-order valence-electron chi connectivity index (χ3n) is 0.408. The van der Waals surface area contributed by atoms with Gasteiger partial charge in [0.05, 0.1) is 0 Å². The van der Waals surface area contributed by atoms with Crippen LogP contribution in [0.5, 0.6) is 0 Å². The van der Waals surface area contributed by atoms with Gasteiger partial charge in [0, 0.05) is 0 Å². The molecule has 0 heterocycles. The molecule has 0 atom stereocenters. The maximum atomic E-state index is 9.30. The van der Waals surface area contributed by atoms with Gasteiger partial charge in [-0.2, -0.15) is 0 Å². The molecule has 0 aliphatic carbocycles. The van der Waals surface area contributed by atoms with E-state index in [1.54, 1.807) is 0 Å². The summed E-state index contributed by atoms with van der Waals surface area (Å²) in [6.45, 7) is 3.88. The van der Waals surface area contributed by atoms with Crippen LogP contribution in [-0.4, -0.2) is 13.2 Å². The molecule has 0 saturated carbocycles. The molecule has 0 fully saturated rings. The summed E-state index contributed by atoms with van der Waals surface area (Å²) in [4.78, 5) is 0. The van der Waals surface area contributed by atoms with Crippen LogP contribution in [0.4, 0.5) is 0 Å². The zero-order chi connectivity index (χ0) is 6.83. The fourth-order valence-corrected chi connectivity index (χ4v) is 0. The van der Waals surface area contributed by atoms with Crippen molar-refractivity contribution in [2.75, 3.05) is 13.2 Å². The molecular weight excluding hydrogens is 163 g/mol. The Morgan fingerprint density at radius 3 is 1.00 bits per heavy atom. The molecule has 0 aromatic carbocycles. The first-order valence-corrected chi connectivity index (χ1v) is 2.99. The van der Waals surface area contributed by atoms with Crippen LogP contribution in [0.15, 0.2) is 0 Å². The molecular formula is C6H14CoO2. The van der Waals surface area contributed by atoms with Gasteiger partial charge < -0.3 is 10.2 Å². The Balaban J connectivity index is -0.0000000720. The fourth-order valence-electron chi connectivity index (χ4n) is 0. The molecule has 59 valence electrons. The van der Waals surface area contributed by atoms with Gasteiger partial charge in [-0.3, -0.25) is 0 Å². The van der Waals surface area contributed by atoms with E-state index in [-0.39, 0.29) is 30.0 Å². The minimum Gasteiger partial charge on any atom is -0.854 e. The zero-order valence-electron chi connectivity index (χ0n) is 5.98. The average molecular weight is 177 g/mol. The van der Waals surface area contributed by atoms with Crippen molar-refractivity contribution in [1.29, 1.82) is 0 Å². The number of hydrogen-bond donors (Lipinski definition) is 0. The van der Waals surface area contributed by atoms with Gasteiger partial charge in [-0.15, -0.1) is 13.2 Å². The van der Waals surface area contributed by atoms with Crippen molar-refractivity contribution in [3.05, 3.63) is 0 Å². The molecule has 1 radical (unpaired) electrons.